The van der Waals surface area contributed by atoms with Gasteiger partial charge in [-0.25, -0.2) is 4.99 Å². The molecule has 1 aliphatic rings. The molecule has 0 spiro atoms. The number of aliphatic imine (C=N–C) groups is 1. The van der Waals surface area contributed by atoms with E-state index in [2.05, 4.69) is 50.6 Å². The number of hydrogen-bond acceptors (Lipinski definition) is 4. The van der Waals surface area contributed by atoms with Crippen molar-refractivity contribution in [2.75, 3.05) is 26.9 Å². The van der Waals surface area contributed by atoms with Crippen molar-refractivity contribution in [2.24, 2.45) is 4.99 Å². The van der Waals surface area contributed by atoms with E-state index in [1.54, 1.807) is 11.8 Å². The molecule has 0 bridgehead atoms. The fourth-order valence-electron chi connectivity index (χ4n) is 3.70. The van der Waals surface area contributed by atoms with Crippen molar-refractivity contribution in [3.05, 3.63) is 41.7 Å². The average molecular weight is 401 g/mol. The number of rotatable bonds is 8. The van der Waals surface area contributed by atoms with Gasteiger partial charge >= 0.3 is 0 Å². The van der Waals surface area contributed by atoms with Crippen molar-refractivity contribution in [1.29, 1.82) is 0 Å². The average Bonchev–Trinajstić information content (AvgIpc) is 3.37. The number of benzene rings is 1. The largest absolute Gasteiger partial charge is 0.356 e. The van der Waals surface area contributed by atoms with E-state index in [4.69, 9.17) is 4.99 Å². The maximum Gasteiger partial charge on any atom is 0.193 e. The molecule has 1 N–H and O–H groups in total. The monoisotopic (exact) mass is 400 g/mol. The topological polar surface area (TPSA) is 58.3 Å². The smallest absolute Gasteiger partial charge is 0.193 e. The highest BCUT2D eigenvalue weighted by atomic mass is 32.2. The zero-order valence-corrected chi connectivity index (χ0v) is 18.1. The van der Waals surface area contributed by atoms with Gasteiger partial charge in [-0.15, -0.1) is 10.2 Å². The fraction of sp³-hybridized carbons (Fsp3) is 0.571. The van der Waals surface area contributed by atoms with Crippen LogP contribution in [0.5, 0.6) is 0 Å². The minimum absolute atomic E-state index is 0.588. The third-order valence-corrected chi connectivity index (χ3v) is 5.79. The van der Waals surface area contributed by atoms with Gasteiger partial charge in [0.25, 0.3) is 0 Å². The normalized spacial score (nSPS) is 15.2. The van der Waals surface area contributed by atoms with Crippen molar-refractivity contribution in [3.63, 3.8) is 0 Å². The van der Waals surface area contributed by atoms with Crippen LogP contribution in [0.2, 0.25) is 0 Å². The Balaban J connectivity index is 1.53. The number of guanidine groups is 1. The van der Waals surface area contributed by atoms with Gasteiger partial charge in [0.1, 0.15) is 5.82 Å². The van der Waals surface area contributed by atoms with Crippen LogP contribution in [0.3, 0.4) is 0 Å². The Kier molecular flexibility index (Phi) is 7.77. The summed E-state index contributed by atoms with van der Waals surface area (Å²) in [6, 6.07) is 10.9. The van der Waals surface area contributed by atoms with Crippen molar-refractivity contribution in [2.45, 2.75) is 56.3 Å². The van der Waals surface area contributed by atoms with Crippen LogP contribution in [0.15, 0.2) is 40.5 Å². The highest BCUT2D eigenvalue weighted by Crippen LogP contribution is 2.33. The van der Waals surface area contributed by atoms with E-state index in [0.29, 0.717) is 12.6 Å². The van der Waals surface area contributed by atoms with Crippen LogP contribution >= 0.6 is 11.8 Å². The van der Waals surface area contributed by atoms with Gasteiger partial charge in [0.2, 0.25) is 0 Å². The second kappa shape index (κ2) is 10.5. The fourth-order valence-corrected chi connectivity index (χ4v) is 4.27. The van der Waals surface area contributed by atoms with Gasteiger partial charge in [0.05, 0.1) is 6.54 Å². The van der Waals surface area contributed by atoms with E-state index in [1.807, 2.05) is 25.1 Å². The van der Waals surface area contributed by atoms with E-state index < -0.39 is 0 Å². The third-order valence-electron chi connectivity index (χ3n) is 5.15. The van der Waals surface area contributed by atoms with Gasteiger partial charge in [-0.3, -0.25) is 0 Å². The van der Waals surface area contributed by atoms with Gasteiger partial charge in [0.15, 0.2) is 11.1 Å². The van der Waals surface area contributed by atoms with Crippen molar-refractivity contribution in [3.8, 4) is 0 Å². The molecule has 2 aromatic rings. The molecule has 1 heterocycles. The molecule has 0 aliphatic heterocycles. The Morgan fingerprint density at radius 1 is 1.21 bits per heavy atom. The lowest BCUT2D eigenvalue weighted by molar-refractivity contribution is 0.460. The third kappa shape index (κ3) is 5.50. The van der Waals surface area contributed by atoms with Gasteiger partial charge in [-0.1, -0.05) is 54.9 Å². The zero-order chi connectivity index (χ0) is 19.8. The van der Waals surface area contributed by atoms with Crippen LogP contribution in [0.25, 0.3) is 0 Å². The molecule has 1 aliphatic carbocycles. The van der Waals surface area contributed by atoms with Gasteiger partial charge in [0, 0.05) is 33.1 Å². The number of thioether (sulfide) groups is 1. The first-order valence-corrected chi connectivity index (χ1v) is 11.4. The molecule has 0 radical (unpaired) electrons. The quantitative estimate of drug-likeness (QED) is 0.316. The summed E-state index contributed by atoms with van der Waals surface area (Å²) in [5.74, 6) is 2.05. The first-order chi connectivity index (χ1) is 13.7. The lowest BCUT2D eigenvalue weighted by atomic mass is 10.2. The summed E-state index contributed by atoms with van der Waals surface area (Å²) in [7, 11) is 4.05. The molecule has 0 unspecified atom stereocenters. The Bertz CT molecular complexity index is 750. The first-order valence-electron chi connectivity index (χ1n) is 10.2. The molecule has 1 fully saturated rings. The second-order valence-corrected chi connectivity index (χ2v) is 8.23. The summed E-state index contributed by atoms with van der Waals surface area (Å²) in [6.07, 6.45) is 9.20. The molecule has 1 aromatic carbocycles. The predicted octanol–water partition coefficient (Wildman–Crippen LogP) is 3.76. The summed E-state index contributed by atoms with van der Waals surface area (Å²) < 4.78 is 2.40. The molecule has 6 nitrogen and oxygen atoms in total. The summed E-state index contributed by atoms with van der Waals surface area (Å²) in [6.45, 7) is 1.56. The maximum atomic E-state index is 4.73. The molecule has 0 amide bonds. The van der Waals surface area contributed by atoms with E-state index in [0.717, 1.165) is 36.3 Å². The van der Waals surface area contributed by atoms with E-state index >= 15 is 0 Å². The molecule has 7 heteroatoms. The number of nitrogens with one attached hydrogen (secondary N) is 1. The molecular formula is C21H32N6S. The van der Waals surface area contributed by atoms with Crippen LogP contribution in [-0.4, -0.2) is 52.5 Å². The Hall–Kier alpha value is -2.02. The van der Waals surface area contributed by atoms with Gasteiger partial charge in [-0.05, 0) is 31.1 Å². The molecule has 152 valence electrons. The molecule has 3 rings (SSSR count). The van der Waals surface area contributed by atoms with Crippen LogP contribution in [0.1, 0.15) is 49.5 Å². The second-order valence-electron chi connectivity index (χ2n) is 7.46. The summed E-state index contributed by atoms with van der Waals surface area (Å²) >= 11 is 1.70. The van der Waals surface area contributed by atoms with Crippen molar-refractivity contribution >= 4 is 17.7 Å². The van der Waals surface area contributed by atoms with Crippen molar-refractivity contribution < 1.29 is 0 Å². The van der Waals surface area contributed by atoms with E-state index in [9.17, 15) is 0 Å². The SMILES string of the molecule is CSc1nnc(CCCNC(=NCc2ccccc2)N(C)C)n1C1CCCC1. The Morgan fingerprint density at radius 2 is 1.96 bits per heavy atom. The van der Waals surface area contributed by atoms with Crippen LogP contribution < -0.4 is 5.32 Å². The minimum Gasteiger partial charge on any atom is -0.356 e. The highest BCUT2D eigenvalue weighted by Gasteiger charge is 2.23. The molecule has 1 saturated carbocycles. The molecule has 1 aromatic heterocycles. The van der Waals surface area contributed by atoms with Crippen molar-refractivity contribution in [1.82, 2.24) is 25.0 Å². The van der Waals surface area contributed by atoms with Gasteiger partial charge < -0.3 is 14.8 Å². The molecule has 0 atom stereocenters. The van der Waals surface area contributed by atoms with Gasteiger partial charge in [-0.2, -0.15) is 0 Å². The standard InChI is InChI=1S/C21H32N6S/c1-26(2)20(23-16-17-10-5-4-6-11-17)22-15-9-14-19-24-25-21(28-3)27(19)18-12-7-8-13-18/h4-6,10-11,18H,7-9,12-16H2,1-3H3,(H,22,23). The number of nitrogens with zero attached hydrogens (tertiary/aromatic N) is 5. The lowest BCUT2D eigenvalue weighted by Crippen LogP contribution is -2.37. The Labute approximate surface area is 172 Å². The van der Waals surface area contributed by atoms with E-state index in [-0.39, 0.29) is 0 Å². The number of aryl methyl sites for hydroxylation is 1. The number of hydrogen-bond donors (Lipinski definition) is 1. The van der Waals surface area contributed by atoms with E-state index in [1.165, 1.54) is 31.2 Å². The predicted molar refractivity (Wildman–Crippen MR) is 117 cm³/mol. The van der Waals surface area contributed by atoms with Crippen LogP contribution in [0, 0.1) is 0 Å². The lowest BCUT2D eigenvalue weighted by Gasteiger charge is -2.18. The Morgan fingerprint density at radius 3 is 2.64 bits per heavy atom. The summed E-state index contributed by atoms with van der Waals surface area (Å²) in [4.78, 5) is 6.77. The minimum atomic E-state index is 0.588. The van der Waals surface area contributed by atoms with Crippen LogP contribution in [-0.2, 0) is 13.0 Å². The summed E-state index contributed by atoms with van der Waals surface area (Å²) in [5, 5.41) is 13.4. The van der Waals surface area contributed by atoms with Crippen LogP contribution in [0.4, 0.5) is 0 Å². The highest BCUT2D eigenvalue weighted by molar-refractivity contribution is 7.98. The zero-order valence-electron chi connectivity index (χ0n) is 17.3. The molecule has 28 heavy (non-hydrogen) atoms. The molecule has 0 saturated heterocycles. The summed E-state index contributed by atoms with van der Waals surface area (Å²) in [5.41, 5.74) is 1.22. The number of aromatic nitrogens is 3. The first kappa shape index (κ1) is 20.7. The maximum absolute atomic E-state index is 4.73. The molecular weight excluding hydrogens is 368 g/mol.